The van der Waals surface area contributed by atoms with Crippen molar-refractivity contribution < 1.29 is 9.53 Å². The van der Waals surface area contributed by atoms with Gasteiger partial charge in [-0.1, -0.05) is 0 Å². The molecule has 7 heteroatoms. The van der Waals surface area contributed by atoms with E-state index in [4.69, 9.17) is 10.5 Å². The number of rotatable bonds is 5. The summed E-state index contributed by atoms with van der Waals surface area (Å²) in [5.74, 6) is 0.0377. The van der Waals surface area contributed by atoms with Crippen LogP contribution < -0.4 is 11.1 Å². The van der Waals surface area contributed by atoms with Gasteiger partial charge in [-0.15, -0.1) is 24.8 Å². The van der Waals surface area contributed by atoms with Crippen LogP contribution in [0.1, 0.15) is 20.3 Å². The summed E-state index contributed by atoms with van der Waals surface area (Å²) in [6.07, 6.45) is 0.396. The molecule has 110 valence electrons. The summed E-state index contributed by atoms with van der Waals surface area (Å²) >= 11 is 0. The molecule has 0 aromatic rings. The Balaban J connectivity index is 0. The third-order valence-electron chi connectivity index (χ3n) is 2.55. The first kappa shape index (κ1) is 20.3. The molecule has 0 bridgehead atoms. The van der Waals surface area contributed by atoms with Gasteiger partial charge in [0.05, 0.1) is 13.2 Å². The van der Waals surface area contributed by atoms with Crippen molar-refractivity contribution in [1.82, 2.24) is 10.2 Å². The Morgan fingerprint density at radius 2 is 1.89 bits per heavy atom. The largest absolute Gasteiger partial charge is 0.379 e. The number of amides is 1. The van der Waals surface area contributed by atoms with Gasteiger partial charge < -0.3 is 15.8 Å². The molecule has 1 fully saturated rings. The van der Waals surface area contributed by atoms with E-state index in [2.05, 4.69) is 10.2 Å². The topological polar surface area (TPSA) is 67.6 Å². The number of carbonyl (C=O) groups excluding carboxylic acids is 1. The standard InChI is InChI=1S/C11H23N3O2.2ClH/c1-9(12)7-11(15)13-10(2)8-14-3-5-16-6-4-14;;/h9-10H,3-8,12H2,1-2H3,(H,13,15);2*1H. The average molecular weight is 302 g/mol. The van der Waals surface area contributed by atoms with E-state index in [1.54, 1.807) is 0 Å². The maximum atomic E-state index is 11.5. The summed E-state index contributed by atoms with van der Waals surface area (Å²) in [4.78, 5) is 13.8. The van der Waals surface area contributed by atoms with Gasteiger partial charge >= 0.3 is 0 Å². The van der Waals surface area contributed by atoms with E-state index in [-0.39, 0.29) is 42.8 Å². The van der Waals surface area contributed by atoms with Crippen molar-refractivity contribution in [2.24, 2.45) is 5.73 Å². The van der Waals surface area contributed by atoms with E-state index in [1.165, 1.54) is 0 Å². The highest BCUT2D eigenvalue weighted by atomic mass is 35.5. The van der Waals surface area contributed by atoms with Crippen molar-refractivity contribution in [2.75, 3.05) is 32.8 Å². The molecule has 0 radical (unpaired) electrons. The lowest BCUT2D eigenvalue weighted by Gasteiger charge is -2.29. The first-order chi connectivity index (χ1) is 7.58. The second-order valence-corrected chi connectivity index (χ2v) is 4.56. The van der Waals surface area contributed by atoms with Crippen molar-refractivity contribution >= 4 is 30.7 Å². The van der Waals surface area contributed by atoms with Crippen LogP contribution in [0.5, 0.6) is 0 Å². The average Bonchev–Trinajstić information content (AvgIpc) is 2.17. The monoisotopic (exact) mass is 301 g/mol. The predicted octanol–water partition coefficient (Wildman–Crippen LogP) is 0.404. The number of hydrogen-bond donors (Lipinski definition) is 2. The van der Waals surface area contributed by atoms with Crippen molar-refractivity contribution in [3.8, 4) is 0 Å². The molecule has 18 heavy (non-hydrogen) atoms. The second kappa shape index (κ2) is 10.8. The summed E-state index contributed by atoms with van der Waals surface area (Å²) < 4.78 is 5.27. The Morgan fingerprint density at radius 3 is 2.39 bits per heavy atom. The number of halogens is 2. The molecule has 1 heterocycles. The van der Waals surface area contributed by atoms with Crippen LogP contribution in [0.4, 0.5) is 0 Å². The highest BCUT2D eigenvalue weighted by Gasteiger charge is 2.15. The molecule has 0 spiro atoms. The van der Waals surface area contributed by atoms with Gasteiger partial charge in [-0.3, -0.25) is 9.69 Å². The second-order valence-electron chi connectivity index (χ2n) is 4.56. The quantitative estimate of drug-likeness (QED) is 0.772. The fourth-order valence-electron chi connectivity index (χ4n) is 1.84. The van der Waals surface area contributed by atoms with Crippen LogP contribution in [-0.4, -0.2) is 55.7 Å². The zero-order valence-corrected chi connectivity index (χ0v) is 12.7. The first-order valence-electron chi connectivity index (χ1n) is 5.93. The molecule has 0 aromatic carbocycles. The normalized spacial score (nSPS) is 19.1. The van der Waals surface area contributed by atoms with E-state index in [0.29, 0.717) is 6.42 Å². The van der Waals surface area contributed by atoms with Crippen LogP contribution in [0.15, 0.2) is 0 Å². The smallest absolute Gasteiger partial charge is 0.221 e. The molecule has 2 atom stereocenters. The highest BCUT2D eigenvalue weighted by Crippen LogP contribution is 1.98. The Labute approximate surface area is 122 Å². The molecule has 0 saturated carbocycles. The molecular weight excluding hydrogens is 277 g/mol. The van der Waals surface area contributed by atoms with Crippen molar-refractivity contribution in [3.63, 3.8) is 0 Å². The Kier molecular flexibility index (Phi) is 12.2. The molecule has 2 unspecified atom stereocenters. The maximum Gasteiger partial charge on any atom is 0.221 e. The van der Waals surface area contributed by atoms with Crippen LogP contribution in [0.3, 0.4) is 0 Å². The Bertz CT molecular complexity index is 224. The van der Waals surface area contributed by atoms with E-state index in [0.717, 1.165) is 32.8 Å². The summed E-state index contributed by atoms with van der Waals surface area (Å²) in [5, 5.41) is 2.96. The summed E-state index contributed by atoms with van der Waals surface area (Å²) in [6, 6.07) is 0.0972. The van der Waals surface area contributed by atoms with Crippen molar-refractivity contribution in [2.45, 2.75) is 32.4 Å². The lowest BCUT2D eigenvalue weighted by Crippen LogP contribution is -2.46. The number of nitrogens with zero attached hydrogens (tertiary/aromatic N) is 1. The zero-order valence-electron chi connectivity index (χ0n) is 11.1. The van der Waals surface area contributed by atoms with Crippen LogP contribution in [0, 0.1) is 0 Å². The van der Waals surface area contributed by atoms with Gasteiger partial charge in [-0.2, -0.15) is 0 Å². The van der Waals surface area contributed by atoms with Crippen molar-refractivity contribution in [1.29, 1.82) is 0 Å². The van der Waals surface area contributed by atoms with Gasteiger partial charge in [-0.05, 0) is 13.8 Å². The van der Waals surface area contributed by atoms with E-state index < -0.39 is 0 Å². The van der Waals surface area contributed by atoms with Gasteiger partial charge in [0, 0.05) is 38.1 Å². The lowest BCUT2D eigenvalue weighted by molar-refractivity contribution is -0.122. The predicted molar refractivity (Wildman–Crippen MR) is 77.6 cm³/mol. The fourth-order valence-corrected chi connectivity index (χ4v) is 1.84. The van der Waals surface area contributed by atoms with Gasteiger partial charge in [-0.25, -0.2) is 0 Å². The minimum Gasteiger partial charge on any atom is -0.379 e. The van der Waals surface area contributed by atoms with Crippen LogP contribution in [0.25, 0.3) is 0 Å². The van der Waals surface area contributed by atoms with Gasteiger partial charge in [0.1, 0.15) is 0 Å². The van der Waals surface area contributed by atoms with Gasteiger partial charge in [0.15, 0.2) is 0 Å². The molecule has 1 rings (SSSR count). The fraction of sp³-hybridized carbons (Fsp3) is 0.909. The Hall–Kier alpha value is -0.0700. The number of nitrogens with two attached hydrogens (primary N) is 1. The third kappa shape index (κ3) is 8.94. The van der Waals surface area contributed by atoms with Crippen LogP contribution >= 0.6 is 24.8 Å². The summed E-state index contributed by atoms with van der Waals surface area (Å²) in [5.41, 5.74) is 5.57. The molecule has 1 saturated heterocycles. The van der Waals surface area contributed by atoms with E-state index in [1.807, 2.05) is 13.8 Å². The minimum atomic E-state index is -0.0735. The molecule has 0 aromatic heterocycles. The molecule has 1 amide bonds. The van der Waals surface area contributed by atoms with Gasteiger partial charge in [0.25, 0.3) is 0 Å². The minimum absolute atomic E-state index is 0. The zero-order chi connectivity index (χ0) is 12.0. The number of ether oxygens (including phenoxy) is 1. The van der Waals surface area contributed by atoms with Crippen LogP contribution in [-0.2, 0) is 9.53 Å². The molecule has 0 aliphatic carbocycles. The highest BCUT2D eigenvalue weighted by molar-refractivity contribution is 5.85. The number of nitrogens with one attached hydrogen (secondary N) is 1. The summed E-state index contributed by atoms with van der Waals surface area (Å²) in [7, 11) is 0. The lowest BCUT2D eigenvalue weighted by atomic mass is 10.2. The SMILES string of the molecule is CC(N)CC(=O)NC(C)CN1CCOCC1.Cl.Cl. The van der Waals surface area contributed by atoms with Crippen molar-refractivity contribution in [3.05, 3.63) is 0 Å². The first-order valence-corrected chi connectivity index (χ1v) is 5.93. The third-order valence-corrected chi connectivity index (χ3v) is 2.55. The Morgan fingerprint density at radius 1 is 1.33 bits per heavy atom. The maximum absolute atomic E-state index is 11.5. The van der Waals surface area contributed by atoms with Crippen LogP contribution in [0.2, 0.25) is 0 Å². The van der Waals surface area contributed by atoms with E-state index in [9.17, 15) is 4.79 Å². The number of morpholine rings is 1. The molecule has 1 aliphatic heterocycles. The van der Waals surface area contributed by atoms with E-state index >= 15 is 0 Å². The summed E-state index contributed by atoms with van der Waals surface area (Å²) in [6.45, 7) is 8.23. The molecule has 5 nitrogen and oxygen atoms in total. The van der Waals surface area contributed by atoms with Gasteiger partial charge in [0.2, 0.25) is 5.91 Å². The number of carbonyl (C=O) groups is 1. The number of hydrogen-bond acceptors (Lipinski definition) is 4. The molecular formula is C11H25Cl2N3O2. The molecule has 3 N–H and O–H groups in total. The molecule has 1 aliphatic rings.